The van der Waals surface area contributed by atoms with Crippen molar-refractivity contribution in [2.45, 2.75) is 19.9 Å². The third-order valence-electron chi connectivity index (χ3n) is 6.32. The molecule has 38 heavy (non-hydrogen) atoms. The van der Waals surface area contributed by atoms with E-state index < -0.39 is 11.9 Å². The topological polar surface area (TPSA) is 78.2 Å². The van der Waals surface area contributed by atoms with Crippen molar-refractivity contribution in [3.8, 4) is 17.2 Å². The predicted octanol–water partition coefficient (Wildman–Crippen LogP) is 7.01. The van der Waals surface area contributed by atoms with Gasteiger partial charge in [-0.05, 0) is 60.0 Å². The summed E-state index contributed by atoms with van der Waals surface area (Å²) >= 11 is 9.86. The van der Waals surface area contributed by atoms with E-state index in [2.05, 4.69) is 29.8 Å². The summed E-state index contributed by atoms with van der Waals surface area (Å²) in [5.74, 6) is 1.39. The first kappa shape index (κ1) is 26.1. The second-order valence-electron chi connectivity index (χ2n) is 9.33. The zero-order valence-electron chi connectivity index (χ0n) is 21.2. The lowest BCUT2D eigenvalue weighted by Crippen LogP contribution is -2.29. The van der Waals surface area contributed by atoms with Crippen molar-refractivity contribution in [3.05, 3.63) is 91.2 Å². The van der Waals surface area contributed by atoms with E-state index in [-0.39, 0.29) is 16.8 Å². The summed E-state index contributed by atoms with van der Waals surface area (Å²) in [6.07, 6.45) is 0. The molecule has 0 saturated carbocycles. The highest BCUT2D eigenvalue weighted by atomic mass is 79.9. The van der Waals surface area contributed by atoms with Crippen LogP contribution in [-0.4, -0.2) is 26.7 Å². The number of methoxy groups -OCH3 is 2. The van der Waals surface area contributed by atoms with Crippen LogP contribution in [0.4, 0.5) is 5.69 Å². The third kappa shape index (κ3) is 4.52. The Morgan fingerprint density at radius 3 is 2.39 bits per heavy atom. The lowest BCUT2D eigenvalue weighted by Gasteiger charge is -2.26. The van der Waals surface area contributed by atoms with E-state index in [4.69, 9.17) is 30.2 Å². The Balaban J connectivity index is 1.73. The SMILES string of the molecule is COc1ccc(N2C(=O)c3oc4ccc(Br)cc4c(=O)c3C2c2ccc(OCC(C)C)c(OC)c2)cc1Cl. The lowest BCUT2D eigenvalue weighted by atomic mass is 9.97. The molecule has 2 heterocycles. The summed E-state index contributed by atoms with van der Waals surface area (Å²) in [4.78, 5) is 29.3. The molecule has 1 atom stereocenters. The molecule has 0 fully saturated rings. The van der Waals surface area contributed by atoms with E-state index in [9.17, 15) is 9.59 Å². The molecule has 0 saturated heterocycles. The van der Waals surface area contributed by atoms with Crippen molar-refractivity contribution in [1.29, 1.82) is 0 Å². The van der Waals surface area contributed by atoms with Gasteiger partial charge in [-0.15, -0.1) is 0 Å². The minimum Gasteiger partial charge on any atom is -0.495 e. The molecule has 7 nitrogen and oxygen atoms in total. The first-order valence-corrected chi connectivity index (χ1v) is 13.1. The van der Waals surface area contributed by atoms with Gasteiger partial charge in [-0.2, -0.15) is 0 Å². The molecular weight excluding hydrogens is 574 g/mol. The number of nitrogens with zero attached hydrogens (tertiary/aromatic N) is 1. The number of halogens is 2. The van der Waals surface area contributed by atoms with E-state index in [0.717, 1.165) is 4.47 Å². The molecule has 196 valence electrons. The number of rotatable bonds is 7. The number of fused-ring (bicyclic) bond motifs is 2. The fourth-order valence-electron chi connectivity index (χ4n) is 4.56. The molecule has 0 N–H and O–H groups in total. The maximum Gasteiger partial charge on any atom is 0.295 e. The molecule has 1 aromatic heterocycles. The molecule has 0 spiro atoms. The van der Waals surface area contributed by atoms with Crippen LogP contribution in [0.3, 0.4) is 0 Å². The molecule has 4 aromatic rings. The van der Waals surface area contributed by atoms with Crippen LogP contribution in [0.1, 0.15) is 41.6 Å². The fourth-order valence-corrected chi connectivity index (χ4v) is 5.17. The van der Waals surface area contributed by atoms with Gasteiger partial charge in [0.1, 0.15) is 11.3 Å². The average Bonchev–Trinajstić information content (AvgIpc) is 3.20. The largest absolute Gasteiger partial charge is 0.495 e. The number of ether oxygens (including phenoxy) is 3. The summed E-state index contributed by atoms with van der Waals surface area (Å²) in [5.41, 5.74) is 1.42. The second-order valence-corrected chi connectivity index (χ2v) is 10.6. The van der Waals surface area contributed by atoms with Gasteiger partial charge < -0.3 is 18.6 Å². The van der Waals surface area contributed by atoms with Crippen molar-refractivity contribution in [2.24, 2.45) is 5.92 Å². The van der Waals surface area contributed by atoms with Gasteiger partial charge in [0.25, 0.3) is 5.91 Å². The maximum atomic E-state index is 13.9. The number of hydrogen-bond donors (Lipinski definition) is 0. The van der Waals surface area contributed by atoms with E-state index in [1.54, 1.807) is 55.6 Å². The van der Waals surface area contributed by atoms with E-state index in [0.29, 0.717) is 57.0 Å². The molecule has 1 aliphatic heterocycles. The summed E-state index contributed by atoms with van der Waals surface area (Å²) in [5, 5.41) is 0.699. The normalized spacial score (nSPS) is 14.8. The molecular formula is C29H25BrClNO6. The Hall–Kier alpha value is -3.49. The molecule has 1 unspecified atom stereocenters. The van der Waals surface area contributed by atoms with Gasteiger partial charge in [-0.25, -0.2) is 0 Å². The van der Waals surface area contributed by atoms with E-state index in [1.165, 1.54) is 12.0 Å². The van der Waals surface area contributed by atoms with Crippen molar-refractivity contribution < 1.29 is 23.4 Å². The monoisotopic (exact) mass is 597 g/mol. The average molecular weight is 599 g/mol. The van der Waals surface area contributed by atoms with Gasteiger partial charge in [0.15, 0.2) is 16.9 Å². The van der Waals surface area contributed by atoms with Crippen molar-refractivity contribution in [3.63, 3.8) is 0 Å². The van der Waals surface area contributed by atoms with E-state index in [1.807, 2.05) is 6.07 Å². The van der Waals surface area contributed by atoms with Gasteiger partial charge in [-0.1, -0.05) is 47.4 Å². The molecule has 0 bridgehead atoms. The van der Waals surface area contributed by atoms with Gasteiger partial charge in [0.2, 0.25) is 5.76 Å². The van der Waals surface area contributed by atoms with Crippen molar-refractivity contribution in [2.75, 3.05) is 25.7 Å². The van der Waals surface area contributed by atoms with Crippen LogP contribution in [0.25, 0.3) is 11.0 Å². The van der Waals surface area contributed by atoms with Crippen LogP contribution in [0.15, 0.2) is 68.3 Å². The number of amides is 1. The predicted molar refractivity (Wildman–Crippen MR) is 150 cm³/mol. The van der Waals surface area contributed by atoms with Gasteiger partial charge in [-0.3, -0.25) is 14.5 Å². The Kier molecular flexibility index (Phi) is 7.11. The van der Waals surface area contributed by atoms with Gasteiger partial charge >= 0.3 is 0 Å². The molecule has 3 aromatic carbocycles. The summed E-state index contributed by atoms with van der Waals surface area (Å²) in [6, 6.07) is 14.8. The highest BCUT2D eigenvalue weighted by Crippen LogP contribution is 2.44. The van der Waals surface area contributed by atoms with Gasteiger partial charge in [0, 0.05) is 10.2 Å². The first-order chi connectivity index (χ1) is 18.2. The molecule has 9 heteroatoms. The van der Waals surface area contributed by atoms with Crippen LogP contribution in [-0.2, 0) is 0 Å². The second kappa shape index (κ2) is 10.3. The summed E-state index contributed by atoms with van der Waals surface area (Å²) in [7, 11) is 3.07. The first-order valence-electron chi connectivity index (χ1n) is 12.0. The zero-order chi connectivity index (χ0) is 27.1. The van der Waals surface area contributed by atoms with Crippen LogP contribution in [0.2, 0.25) is 5.02 Å². The molecule has 1 aliphatic rings. The minimum absolute atomic E-state index is 0.0131. The Morgan fingerprint density at radius 2 is 1.71 bits per heavy atom. The maximum absolute atomic E-state index is 13.9. The number of carbonyl (C=O) groups excluding carboxylic acids is 1. The molecule has 5 rings (SSSR count). The summed E-state index contributed by atoms with van der Waals surface area (Å²) in [6.45, 7) is 4.63. The quantitative estimate of drug-likeness (QED) is 0.228. The smallest absolute Gasteiger partial charge is 0.295 e. The van der Waals surface area contributed by atoms with Crippen LogP contribution in [0.5, 0.6) is 17.2 Å². The zero-order valence-corrected chi connectivity index (χ0v) is 23.6. The van der Waals surface area contributed by atoms with Crippen LogP contribution < -0.4 is 24.5 Å². The highest BCUT2D eigenvalue weighted by molar-refractivity contribution is 9.10. The third-order valence-corrected chi connectivity index (χ3v) is 7.11. The number of hydrogen-bond acceptors (Lipinski definition) is 6. The van der Waals surface area contributed by atoms with Gasteiger partial charge in [0.05, 0.1) is 42.8 Å². The number of anilines is 1. The number of carbonyl (C=O) groups is 1. The van der Waals surface area contributed by atoms with Crippen molar-refractivity contribution >= 4 is 50.1 Å². The highest BCUT2D eigenvalue weighted by Gasteiger charge is 2.44. The summed E-state index contributed by atoms with van der Waals surface area (Å²) < 4.78 is 23.6. The standard InChI is InChI=1S/C29H25BrClNO6/c1-15(2)14-37-23-8-5-16(11-24(23)36-4)26-25-27(33)19-12-17(30)6-9-21(19)38-28(25)29(34)32(26)18-7-10-22(35-3)20(31)13-18/h5-13,15,26H,14H2,1-4H3. The Bertz CT molecular complexity index is 1620. The van der Waals surface area contributed by atoms with Crippen LogP contribution >= 0.6 is 27.5 Å². The van der Waals surface area contributed by atoms with Crippen LogP contribution in [0, 0.1) is 5.92 Å². The molecule has 0 aliphatic carbocycles. The molecule has 1 amide bonds. The Labute approximate surface area is 233 Å². The minimum atomic E-state index is -0.797. The molecule has 0 radical (unpaired) electrons. The van der Waals surface area contributed by atoms with E-state index >= 15 is 0 Å². The Morgan fingerprint density at radius 1 is 0.974 bits per heavy atom. The lowest BCUT2D eigenvalue weighted by molar-refractivity contribution is 0.0971. The van der Waals surface area contributed by atoms with Crippen molar-refractivity contribution in [1.82, 2.24) is 0 Å². The number of benzene rings is 3. The fraction of sp³-hybridized carbons (Fsp3) is 0.241.